The Kier molecular flexibility index (Phi) is 5.82. The lowest BCUT2D eigenvalue weighted by molar-refractivity contribution is 0.140. The molecular formula is C18H24N4O2. The van der Waals surface area contributed by atoms with Gasteiger partial charge in [-0.3, -0.25) is 0 Å². The highest BCUT2D eigenvalue weighted by molar-refractivity contribution is 5.67. The van der Waals surface area contributed by atoms with Crippen molar-refractivity contribution in [1.29, 1.82) is 0 Å². The Morgan fingerprint density at radius 2 is 1.88 bits per heavy atom. The SMILES string of the molecule is O=C(NC1CCCCC1)OCCc1n[nH]nc1Cc1ccccc1. The number of hydrogen-bond acceptors (Lipinski definition) is 4. The summed E-state index contributed by atoms with van der Waals surface area (Å²) < 4.78 is 5.29. The van der Waals surface area contributed by atoms with E-state index in [1.165, 1.54) is 24.8 Å². The van der Waals surface area contributed by atoms with Crippen molar-refractivity contribution < 1.29 is 9.53 Å². The third-order valence-electron chi connectivity index (χ3n) is 4.42. The van der Waals surface area contributed by atoms with Crippen LogP contribution < -0.4 is 5.32 Å². The number of rotatable bonds is 6. The minimum atomic E-state index is -0.324. The van der Waals surface area contributed by atoms with E-state index in [1.807, 2.05) is 18.2 Å². The van der Waals surface area contributed by atoms with E-state index in [4.69, 9.17) is 4.74 Å². The Hall–Kier alpha value is -2.37. The summed E-state index contributed by atoms with van der Waals surface area (Å²) in [5.74, 6) is 0. The molecule has 2 aromatic rings. The van der Waals surface area contributed by atoms with Crippen LogP contribution in [0.25, 0.3) is 0 Å². The molecule has 0 saturated heterocycles. The number of amides is 1. The van der Waals surface area contributed by atoms with Crippen molar-refractivity contribution in [2.75, 3.05) is 6.61 Å². The first-order chi connectivity index (χ1) is 11.8. The molecule has 1 heterocycles. The number of H-pyrrole nitrogens is 1. The van der Waals surface area contributed by atoms with Gasteiger partial charge in [-0.2, -0.15) is 15.4 Å². The second-order valence-corrected chi connectivity index (χ2v) is 6.24. The van der Waals surface area contributed by atoms with Crippen LogP contribution in [0.5, 0.6) is 0 Å². The lowest BCUT2D eigenvalue weighted by Gasteiger charge is -2.22. The molecule has 128 valence electrons. The van der Waals surface area contributed by atoms with Gasteiger partial charge in [0.25, 0.3) is 0 Å². The number of alkyl carbamates (subject to hydrolysis) is 1. The fraction of sp³-hybridized carbons (Fsp3) is 0.500. The molecule has 0 bridgehead atoms. The van der Waals surface area contributed by atoms with E-state index in [0.717, 1.165) is 30.7 Å². The maximum atomic E-state index is 11.8. The first kappa shape index (κ1) is 16.5. The molecule has 1 aromatic carbocycles. The predicted molar refractivity (Wildman–Crippen MR) is 90.7 cm³/mol. The second-order valence-electron chi connectivity index (χ2n) is 6.24. The summed E-state index contributed by atoms with van der Waals surface area (Å²) in [7, 11) is 0. The van der Waals surface area contributed by atoms with Gasteiger partial charge in [0, 0.05) is 18.9 Å². The van der Waals surface area contributed by atoms with Crippen LogP contribution in [-0.4, -0.2) is 34.2 Å². The summed E-state index contributed by atoms with van der Waals surface area (Å²) in [6.45, 7) is 0.312. The van der Waals surface area contributed by atoms with Gasteiger partial charge in [0.2, 0.25) is 0 Å². The van der Waals surface area contributed by atoms with Gasteiger partial charge in [-0.1, -0.05) is 49.6 Å². The molecule has 1 fully saturated rings. The van der Waals surface area contributed by atoms with Crippen molar-refractivity contribution in [3.05, 3.63) is 47.3 Å². The van der Waals surface area contributed by atoms with Crippen LogP contribution in [0.3, 0.4) is 0 Å². The normalized spacial score (nSPS) is 15.2. The van der Waals surface area contributed by atoms with Crippen LogP contribution in [0.15, 0.2) is 30.3 Å². The van der Waals surface area contributed by atoms with Crippen LogP contribution in [0.1, 0.15) is 49.1 Å². The molecule has 1 saturated carbocycles. The van der Waals surface area contributed by atoms with Crippen molar-refractivity contribution >= 4 is 6.09 Å². The Morgan fingerprint density at radius 1 is 1.12 bits per heavy atom. The van der Waals surface area contributed by atoms with Crippen LogP contribution in [0.2, 0.25) is 0 Å². The van der Waals surface area contributed by atoms with E-state index in [2.05, 4.69) is 32.9 Å². The fourth-order valence-corrected chi connectivity index (χ4v) is 3.10. The highest BCUT2D eigenvalue weighted by Gasteiger charge is 2.16. The summed E-state index contributed by atoms with van der Waals surface area (Å²) >= 11 is 0. The molecule has 0 spiro atoms. The molecule has 1 aromatic heterocycles. The first-order valence-electron chi connectivity index (χ1n) is 8.67. The van der Waals surface area contributed by atoms with Crippen molar-refractivity contribution in [2.45, 2.75) is 51.0 Å². The second kappa shape index (κ2) is 8.47. The number of hydrogen-bond donors (Lipinski definition) is 2. The van der Waals surface area contributed by atoms with E-state index in [-0.39, 0.29) is 12.1 Å². The zero-order chi connectivity index (χ0) is 16.6. The molecule has 1 aliphatic carbocycles. The first-order valence-corrected chi connectivity index (χ1v) is 8.67. The minimum Gasteiger partial charge on any atom is -0.449 e. The highest BCUT2D eigenvalue weighted by atomic mass is 16.5. The quantitative estimate of drug-likeness (QED) is 0.854. The molecule has 2 N–H and O–H groups in total. The van der Waals surface area contributed by atoms with Gasteiger partial charge < -0.3 is 10.1 Å². The zero-order valence-electron chi connectivity index (χ0n) is 13.8. The number of carbonyl (C=O) groups is 1. The molecule has 1 aliphatic rings. The molecule has 1 amide bonds. The van der Waals surface area contributed by atoms with Gasteiger partial charge in [-0.05, 0) is 18.4 Å². The Labute approximate surface area is 142 Å². The van der Waals surface area contributed by atoms with Crippen molar-refractivity contribution in [3.63, 3.8) is 0 Å². The lowest BCUT2D eigenvalue weighted by Crippen LogP contribution is -2.36. The molecular weight excluding hydrogens is 304 g/mol. The molecule has 0 radical (unpaired) electrons. The molecule has 6 heteroatoms. The smallest absolute Gasteiger partial charge is 0.407 e. The van der Waals surface area contributed by atoms with Crippen molar-refractivity contribution in [3.8, 4) is 0 Å². The molecule has 3 rings (SSSR count). The van der Waals surface area contributed by atoms with Crippen LogP contribution in [0.4, 0.5) is 4.79 Å². The molecule has 0 atom stereocenters. The maximum Gasteiger partial charge on any atom is 0.407 e. The van der Waals surface area contributed by atoms with Crippen LogP contribution in [-0.2, 0) is 17.6 Å². The largest absolute Gasteiger partial charge is 0.449 e. The standard InChI is InChI=1S/C18H24N4O2/c23-18(19-15-9-5-2-6-10-15)24-12-11-16-17(21-22-20-16)13-14-7-3-1-4-8-14/h1,3-4,7-8,15H,2,5-6,9-13H2,(H,19,23)(H,20,21,22). The maximum absolute atomic E-state index is 11.8. The molecule has 6 nitrogen and oxygen atoms in total. The topological polar surface area (TPSA) is 79.9 Å². The van der Waals surface area contributed by atoms with E-state index >= 15 is 0 Å². The molecule has 0 aliphatic heterocycles. The Bertz CT molecular complexity index is 635. The third kappa shape index (κ3) is 4.81. The van der Waals surface area contributed by atoms with E-state index in [1.54, 1.807) is 0 Å². The van der Waals surface area contributed by atoms with E-state index in [0.29, 0.717) is 13.0 Å². The number of nitrogens with one attached hydrogen (secondary N) is 2. The van der Waals surface area contributed by atoms with Gasteiger partial charge in [-0.15, -0.1) is 0 Å². The van der Waals surface area contributed by atoms with E-state index in [9.17, 15) is 4.79 Å². The number of nitrogens with zero attached hydrogens (tertiary/aromatic N) is 2. The number of ether oxygens (including phenoxy) is 1. The number of aromatic nitrogens is 3. The van der Waals surface area contributed by atoms with Gasteiger partial charge >= 0.3 is 6.09 Å². The summed E-state index contributed by atoms with van der Waals surface area (Å²) in [4.78, 5) is 11.8. The van der Waals surface area contributed by atoms with Gasteiger partial charge in [0.15, 0.2) is 0 Å². The number of carbonyl (C=O) groups excluding carboxylic acids is 1. The molecule has 24 heavy (non-hydrogen) atoms. The Morgan fingerprint density at radius 3 is 2.67 bits per heavy atom. The van der Waals surface area contributed by atoms with Gasteiger partial charge in [-0.25, -0.2) is 4.79 Å². The third-order valence-corrected chi connectivity index (χ3v) is 4.42. The highest BCUT2D eigenvalue weighted by Crippen LogP contribution is 2.17. The average Bonchev–Trinajstić information content (AvgIpc) is 3.04. The summed E-state index contributed by atoms with van der Waals surface area (Å²) in [6, 6.07) is 10.4. The lowest BCUT2D eigenvalue weighted by atomic mass is 9.96. The van der Waals surface area contributed by atoms with E-state index < -0.39 is 0 Å². The summed E-state index contributed by atoms with van der Waals surface area (Å²) in [5, 5.41) is 14.0. The van der Waals surface area contributed by atoms with Crippen molar-refractivity contribution in [2.24, 2.45) is 0 Å². The minimum absolute atomic E-state index is 0.270. The average molecular weight is 328 g/mol. The van der Waals surface area contributed by atoms with Crippen molar-refractivity contribution in [1.82, 2.24) is 20.7 Å². The van der Waals surface area contributed by atoms with Gasteiger partial charge in [0.05, 0.1) is 18.0 Å². The van der Waals surface area contributed by atoms with Crippen LogP contribution in [0, 0.1) is 0 Å². The van der Waals surface area contributed by atoms with Crippen LogP contribution >= 0.6 is 0 Å². The number of benzene rings is 1. The number of aromatic amines is 1. The predicted octanol–water partition coefficient (Wildman–Crippen LogP) is 3.00. The summed E-state index contributed by atoms with van der Waals surface area (Å²) in [6.07, 6.45) is 6.72. The zero-order valence-corrected chi connectivity index (χ0v) is 13.8. The molecule has 0 unspecified atom stereocenters. The monoisotopic (exact) mass is 328 g/mol. The summed E-state index contributed by atoms with van der Waals surface area (Å²) in [5.41, 5.74) is 2.94. The fourth-order valence-electron chi connectivity index (χ4n) is 3.10. The Balaban J connectivity index is 1.43. The van der Waals surface area contributed by atoms with Gasteiger partial charge in [0.1, 0.15) is 0 Å².